The molecule has 0 amide bonds. The van der Waals surface area contributed by atoms with Crippen LogP contribution < -0.4 is 21.3 Å². The van der Waals surface area contributed by atoms with Gasteiger partial charge in [0, 0.05) is 80.8 Å². The highest BCUT2D eigenvalue weighted by atomic mass is 16.5. The summed E-state index contributed by atoms with van der Waals surface area (Å²) in [6.45, 7) is 7.49. The molecule has 5 aromatic heterocycles. The first-order chi connectivity index (χ1) is 23.4. The topological polar surface area (TPSA) is 131 Å². The standard InChI is InChI=1S/C35H38N8O5/c1-22-16-40(26-20-48-21-26)8-9-41(22)25-3-4-32(37-15-25)38-29-13-23(17-39(2)34(29)45)27-5-7-36-33(28(27)18-44)43-11-10-42-30-6-12-47-19-24(30)14-31(42)35(43)46/h3-5,7,10-11,13-15,17,22,26,44H,6,8-9,12,16,18-21H2,1-2H3,(H,37,38)/t22-/m0/s1. The number of aromatic nitrogens is 5. The van der Waals surface area contributed by atoms with Crippen molar-refractivity contribution in [2.24, 2.45) is 7.05 Å². The predicted octanol–water partition coefficient (Wildman–Crippen LogP) is 2.46. The first-order valence-electron chi connectivity index (χ1n) is 16.3. The summed E-state index contributed by atoms with van der Waals surface area (Å²) in [7, 11) is 1.68. The maximum atomic E-state index is 13.7. The Kier molecular flexibility index (Phi) is 7.83. The average molecular weight is 651 g/mol. The van der Waals surface area contributed by atoms with E-state index in [9.17, 15) is 14.7 Å². The average Bonchev–Trinajstić information content (AvgIpc) is 3.46. The van der Waals surface area contributed by atoms with Crippen LogP contribution in [0.15, 0.2) is 70.9 Å². The number of hydrogen-bond acceptors (Lipinski definition) is 10. The molecule has 2 N–H and O–H groups in total. The lowest BCUT2D eigenvalue weighted by molar-refractivity contribution is -0.0691. The number of pyridine rings is 3. The minimum absolute atomic E-state index is 0.225. The predicted molar refractivity (Wildman–Crippen MR) is 181 cm³/mol. The van der Waals surface area contributed by atoms with Gasteiger partial charge in [-0.3, -0.25) is 19.1 Å². The number of fused-ring (bicyclic) bond motifs is 3. The summed E-state index contributed by atoms with van der Waals surface area (Å²) in [5.41, 5.74) is 5.31. The third kappa shape index (κ3) is 5.28. The van der Waals surface area contributed by atoms with E-state index in [0.29, 0.717) is 64.8 Å². The van der Waals surface area contributed by atoms with Gasteiger partial charge in [0.15, 0.2) is 0 Å². The van der Waals surface area contributed by atoms with Crippen LogP contribution >= 0.6 is 0 Å². The second-order valence-electron chi connectivity index (χ2n) is 12.8. The minimum atomic E-state index is -0.364. The molecule has 0 aromatic carbocycles. The molecule has 248 valence electrons. The zero-order valence-corrected chi connectivity index (χ0v) is 27.0. The highest BCUT2D eigenvalue weighted by molar-refractivity contribution is 5.73. The van der Waals surface area contributed by atoms with Crippen LogP contribution in [0.25, 0.3) is 22.5 Å². The molecule has 3 aliphatic rings. The van der Waals surface area contributed by atoms with Crippen LogP contribution in [0, 0.1) is 0 Å². The van der Waals surface area contributed by atoms with Crippen LogP contribution in [0.4, 0.5) is 17.2 Å². The van der Waals surface area contributed by atoms with Gasteiger partial charge in [-0.05, 0) is 48.4 Å². The van der Waals surface area contributed by atoms with E-state index in [1.54, 1.807) is 37.8 Å². The molecule has 0 radical (unpaired) electrons. The van der Waals surface area contributed by atoms with Gasteiger partial charge in [0.2, 0.25) is 0 Å². The lowest BCUT2D eigenvalue weighted by Crippen LogP contribution is -2.59. The molecule has 0 saturated carbocycles. The maximum Gasteiger partial charge on any atom is 0.280 e. The Hall–Kier alpha value is -4.82. The molecule has 3 aliphatic heterocycles. The molecule has 1 atom stereocenters. The number of piperazine rings is 1. The van der Waals surface area contributed by atoms with Crippen molar-refractivity contribution >= 4 is 22.7 Å². The van der Waals surface area contributed by atoms with Crippen LogP contribution in [0.3, 0.4) is 0 Å². The van der Waals surface area contributed by atoms with E-state index in [-0.39, 0.29) is 17.7 Å². The van der Waals surface area contributed by atoms with Gasteiger partial charge in [0.05, 0.1) is 51.0 Å². The van der Waals surface area contributed by atoms with Crippen molar-refractivity contribution in [2.75, 3.05) is 49.7 Å². The summed E-state index contributed by atoms with van der Waals surface area (Å²) in [5, 5.41) is 13.8. The number of aliphatic hydroxyl groups excluding tert-OH is 1. The Balaban J connectivity index is 1.08. The molecular weight excluding hydrogens is 612 g/mol. The van der Waals surface area contributed by atoms with Crippen molar-refractivity contribution in [1.82, 2.24) is 28.4 Å². The third-order valence-corrected chi connectivity index (χ3v) is 9.83. The van der Waals surface area contributed by atoms with Gasteiger partial charge in [0.1, 0.15) is 22.8 Å². The molecule has 0 aliphatic carbocycles. The minimum Gasteiger partial charge on any atom is -0.392 e. The summed E-state index contributed by atoms with van der Waals surface area (Å²) in [6, 6.07) is 10.2. The zero-order chi connectivity index (χ0) is 32.9. The quantitative estimate of drug-likeness (QED) is 0.271. The van der Waals surface area contributed by atoms with E-state index in [1.165, 1.54) is 9.13 Å². The zero-order valence-electron chi connectivity index (χ0n) is 27.0. The molecule has 5 aromatic rings. The number of anilines is 3. The highest BCUT2D eigenvalue weighted by Crippen LogP contribution is 2.30. The van der Waals surface area contributed by atoms with Gasteiger partial charge in [-0.2, -0.15) is 0 Å². The number of nitrogens with zero attached hydrogens (tertiary/aromatic N) is 7. The second kappa shape index (κ2) is 12.3. The molecular formula is C35H38N8O5. The summed E-state index contributed by atoms with van der Waals surface area (Å²) >= 11 is 0. The van der Waals surface area contributed by atoms with Crippen molar-refractivity contribution in [3.8, 4) is 16.9 Å². The van der Waals surface area contributed by atoms with Gasteiger partial charge < -0.3 is 33.8 Å². The first kappa shape index (κ1) is 30.5. The van der Waals surface area contributed by atoms with Crippen molar-refractivity contribution in [2.45, 2.75) is 38.6 Å². The SMILES string of the molecule is C[C@H]1CN(C2COC2)CCN1c1ccc(Nc2cc(-c3ccnc(-n4ccn5c6c(cc5c4=O)COCC6)c3CO)cn(C)c2=O)nc1. The molecule has 2 fully saturated rings. The smallest absolute Gasteiger partial charge is 0.280 e. The summed E-state index contributed by atoms with van der Waals surface area (Å²) < 4.78 is 15.8. The Morgan fingerprint density at radius 3 is 2.67 bits per heavy atom. The molecule has 0 spiro atoms. The van der Waals surface area contributed by atoms with Crippen molar-refractivity contribution in [1.29, 1.82) is 0 Å². The monoisotopic (exact) mass is 650 g/mol. The number of aryl methyl sites for hydroxylation is 1. The van der Waals surface area contributed by atoms with Crippen LogP contribution in [0.5, 0.6) is 0 Å². The number of nitrogens with one attached hydrogen (secondary N) is 1. The molecule has 48 heavy (non-hydrogen) atoms. The lowest BCUT2D eigenvalue weighted by Gasteiger charge is -2.46. The lowest BCUT2D eigenvalue weighted by atomic mass is 10.0. The first-order valence-corrected chi connectivity index (χ1v) is 16.3. The van der Waals surface area contributed by atoms with Gasteiger partial charge in [-0.1, -0.05) is 0 Å². The summed E-state index contributed by atoms with van der Waals surface area (Å²) in [4.78, 5) is 41.0. The van der Waals surface area contributed by atoms with Gasteiger partial charge in [-0.25, -0.2) is 9.97 Å². The fraction of sp³-hybridized carbons (Fsp3) is 0.371. The van der Waals surface area contributed by atoms with Crippen LogP contribution in [0.2, 0.25) is 0 Å². The maximum absolute atomic E-state index is 13.7. The summed E-state index contributed by atoms with van der Waals surface area (Å²) in [5.74, 6) is 0.874. The van der Waals surface area contributed by atoms with Gasteiger partial charge in [-0.15, -0.1) is 0 Å². The second-order valence-corrected chi connectivity index (χ2v) is 12.8. The Labute approximate surface area is 276 Å². The Morgan fingerprint density at radius 1 is 1.04 bits per heavy atom. The van der Waals surface area contributed by atoms with Gasteiger partial charge in [0.25, 0.3) is 11.1 Å². The number of rotatable bonds is 7. The molecule has 2 saturated heterocycles. The normalized spacial score (nSPS) is 18.6. The van der Waals surface area contributed by atoms with E-state index in [1.807, 2.05) is 35.0 Å². The van der Waals surface area contributed by atoms with Crippen molar-refractivity contribution < 1.29 is 14.6 Å². The van der Waals surface area contributed by atoms with E-state index >= 15 is 0 Å². The third-order valence-electron chi connectivity index (χ3n) is 9.83. The van der Waals surface area contributed by atoms with E-state index in [0.717, 1.165) is 56.2 Å². The Bertz CT molecular complexity index is 2120. The number of aliphatic hydroxyl groups is 1. The van der Waals surface area contributed by atoms with Crippen LogP contribution in [0.1, 0.15) is 23.7 Å². The molecule has 8 rings (SSSR count). The summed E-state index contributed by atoms with van der Waals surface area (Å²) in [6.07, 6.45) is 9.44. The molecule has 13 nitrogen and oxygen atoms in total. The van der Waals surface area contributed by atoms with E-state index in [4.69, 9.17) is 9.47 Å². The Morgan fingerprint density at radius 2 is 1.92 bits per heavy atom. The van der Waals surface area contributed by atoms with Crippen molar-refractivity contribution in [3.63, 3.8) is 0 Å². The molecule has 13 heteroatoms. The fourth-order valence-corrected chi connectivity index (χ4v) is 7.17. The van der Waals surface area contributed by atoms with E-state index < -0.39 is 0 Å². The molecule has 0 unspecified atom stereocenters. The largest absolute Gasteiger partial charge is 0.392 e. The van der Waals surface area contributed by atoms with E-state index in [2.05, 4.69) is 32.0 Å². The molecule has 8 heterocycles. The van der Waals surface area contributed by atoms with Crippen LogP contribution in [-0.4, -0.2) is 85.0 Å². The fourth-order valence-electron chi connectivity index (χ4n) is 7.17. The molecule has 0 bridgehead atoms. The van der Waals surface area contributed by atoms with Crippen molar-refractivity contribution in [3.05, 3.63) is 98.8 Å². The van der Waals surface area contributed by atoms with Gasteiger partial charge >= 0.3 is 0 Å². The van der Waals surface area contributed by atoms with Crippen LogP contribution in [-0.2, 0) is 36.2 Å². The number of ether oxygens (including phenoxy) is 2. The highest BCUT2D eigenvalue weighted by Gasteiger charge is 2.32. The number of hydrogen-bond donors (Lipinski definition) is 2.